The van der Waals surface area contributed by atoms with Crippen LogP contribution in [0.4, 0.5) is 0 Å². The van der Waals surface area contributed by atoms with E-state index in [0.717, 1.165) is 0 Å². The molecule has 13 heteroatoms. The Morgan fingerprint density at radius 2 is 1.79 bits per heavy atom. The predicted octanol–water partition coefficient (Wildman–Crippen LogP) is 0.911. The van der Waals surface area contributed by atoms with Crippen molar-refractivity contribution in [3.05, 3.63) is 66.3 Å². The average Bonchev–Trinajstić information content (AvgIpc) is 3.43. The number of hydrogen-bond acceptors (Lipinski definition) is 10. The molecule has 0 radical (unpaired) electrons. The van der Waals surface area contributed by atoms with E-state index >= 15 is 0 Å². The highest BCUT2D eigenvalue weighted by Crippen LogP contribution is 2.17. The summed E-state index contributed by atoms with van der Waals surface area (Å²) in [4.78, 5) is 44.0. The van der Waals surface area contributed by atoms with Crippen LogP contribution in [0.3, 0.4) is 0 Å². The summed E-state index contributed by atoms with van der Waals surface area (Å²) in [5.74, 6) is -4.00. The van der Waals surface area contributed by atoms with Crippen LogP contribution in [0, 0.1) is 5.92 Å². The fourth-order valence-electron chi connectivity index (χ4n) is 3.90. The predicted molar refractivity (Wildman–Crippen MR) is 134 cm³/mol. The van der Waals surface area contributed by atoms with E-state index in [4.69, 9.17) is 9.15 Å². The first kappa shape index (κ1) is 27.1. The molecule has 0 spiro atoms. The van der Waals surface area contributed by atoms with E-state index in [2.05, 4.69) is 20.5 Å². The van der Waals surface area contributed by atoms with Gasteiger partial charge >= 0.3 is 0 Å². The van der Waals surface area contributed by atoms with Crippen LogP contribution in [0.2, 0.25) is 0 Å². The third-order valence-electron chi connectivity index (χ3n) is 5.84. The maximum absolute atomic E-state index is 13.1. The van der Waals surface area contributed by atoms with Crippen LogP contribution in [0.1, 0.15) is 22.7 Å². The van der Waals surface area contributed by atoms with Crippen molar-refractivity contribution in [2.45, 2.75) is 12.2 Å². The van der Waals surface area contributed by atoms with Gasteiger partial charge < -0.3 is 19.4 Å². The number of nitrogens with one attached hydrogen (secondary N) is 1. The lowest BCUT2D eigenvalue weighted by molar-refractivity contribution is -0.138. The molecule has 0 bridgehead atoms. The number of hydrogen-bond donors (Lipinski definition) is 1. The molecule has 200 valence electrons. The van der Waals surface area contributed by atoms with Crippen LogP contribution in [-0.4, -0.2) is 84.7 Å². The maximum Gasteiger partial charge on any atom is 0.286 e. The topological polar surface area (TPSA) is 162 Å². The number of sulfone groups is 1. The van der Waals surface area contributed by atoms with Gasteiger partial charge in [0.05, 0.1) is 42.7 Å². The molecule has 3 heterocycles. The zero-order valence-electron chi connectivity index (χ0n) is 20.5. The molecule has 1 aromatic carbocycles. The average molecular weight is 542 g/mol. The summed E-state index contributed by atoms with van der Waals surface area (Å²) in [6.45, 7) is 0.954. The fourth-order valence-corrected chi connectivity index (χ4v) is 5.60. The molecule has 12 nitrogen and oxygen atoms in total. The van der Waals surface area contributed by atoms with E-state index in [9.17, 15) is 22.8 Å². The monoisotopic (exact) mass is 541 g/mol. The SMILES string of the molecule is O=C(CNC(=O)C(CC(=O)N1CCOCC1)CS(=O)(=O)Cc1ccccc1)c1nnc(-c2cccnc2)o1. The van der Waals surface area contributed by atoms with E-state index < -0.39 is 39.7 Å². The van der Waals surface area contributed by atoms with Crippen LogP contribution in [0.25, 0.3) is 11.5 Å². The standard InChI is InChI=1S/C25H27N5O7S/c31-21(25-29-28-24(37-25)19-7-4-8-26-14-19)15-27-23(33)20(13-22(32)30-9-11-36-12-10-30)17-38(34,35)16-18-5-2-1-3-6-18/h1-8,14,20H,9-13,15-17H2,(H,27,33). The van der Waals surface area contributed by atoms with E-state index in [1.807, 2.05) is 0 Å². The van der Waals surface area contributed by atoms with Gasteiger partial charge in [-0.3, -0.25) is 19.4 Å². The van der Waals surface area contributed by atoms with Crippen molar-refractivity contribution in [2.24, 2.45) is 5.92 Å². The number of carbonyl (C=O) groups is 3. The molecule has 38 heavy (non-hydrogen) atoms. The summed E-state index contributed by atoms with van der Waals surface area (Å²) in [6, 6.07) is 11.9. The zero-order chi connectivity index (χ0) is 27.0. The van der Waals surface area contributed by atoms with Crippen LogP contribution >= 0.6 is 0 Å². The Labute approximate surface area is 219 Å². The van der Waals surface area contributed by atoms with Gasteiger partial charge in [-0.2, -0.15) is 0 Å². The zero-order valence-corrected chi connectivity index (χ0v) is 21.3. The van der Waals surface area contributed by atoms with Gasteiger partial charge in [-0.25, -0.2) is 8.42 Å². The first-order valence-electron chi connectivity index (χ1n) is 12.0. The fraction of sp³-hybridized carbons (Fsp3) is 0.360. The Bertz CT molecular complexity index is 1360. The van der Waals surface area contributed by atoms with Gasteiger partial charge in [0.25, 0.3) is 5.89 Å². The second-order valence-corrected chi connectivity index (χ2v) is 10.8. The van der Waals surface area contributed by atoms with Gasteiger partial charge in [0, 0.05) is 31.9 Å². The number of ketones is 1. The lowest BCUT2D eigenvalue weighted by Crippen LogP contribution is -2.44. The molecule has 1 fully saturated rings. The van der Waals surface area contributed by atoms with Crippen molar-refractivity contribution in [3.8, 4) is 11.5 Å². The highest BCUT2D eigenvalue weighted by molar-refractivity contribution is 7.90. The Morgan fingerprint density at radius 3 is 2.50 bits per heavy atom. The van der Waals surface area contributed by atoms with E-state index in [1.165, 1.54) is 11.1 Å². The number of nitrogens with zero attached hydrogens (tertiary/aromatic N) is 4. The normalized spacial score (nSPS) is 14.6. The van der Waals surface area contributed by atoms with Crippen molar-refractivity contribution in [2.75, 3.05) is 38.6 Å². The Hall–Kier alpha value is -3.97. The Morgan fingerprint density at radius 1 is 1.03 bits per heavy atom. The molecule has 1 N–H and O–H groups in total. The number of ether oxygens (including phenoxy) is 1. The summed E-state index contributed by atoms with van der Waals surface area (Å²) in [6.07, 6.45) is 2.75. The minimum absolute atomic E-state index is 0.0915. The van der Waals surface area contributed by atoms with E-state index in [1.54, 1.807) is 48.7 Å². The molecule has 2 amide bonds. The van der Waals surface area contributed by atoms with Crippen LogP contribution in [0.15, 0.2) is 59.3 Å². The smallest absolute Gasteiger partial charge is 0.286 e. The minimum Gasteiger partial charge on any atom is -0.413 e. The summed E-state index contributed by atoms with van der Waals surface area (Å²) in [5.41, 5.74) is 1.09. The van der Waals surface area contributed by atoms with Crippen molar-refractivity contribution in [3.63, 3.8) is 0 Å². The Balaban J connectivity index is 1.42. The van der Waals surface area contributed by atoms with Gasteiger partial charge in [-0.05, 0) is 17.7 Å². The number of aromatic nitrogens is 3. The molecule has 0 saturated carbocycles. The van der Waals surface area contributed by atoms with Crippen molar-refractivity contribution in [1.29, 1.82) is 0 Å². The molecule has 1 atom stereocenters. The van der Waals surface area contributed by atoms with Gasteiger partial charge in [0.1, 0.15) is 0 Å². The van der Waals surface area contributed by atoms with Gasteiger partial charge in [-0.1, -0.05) is 30.3 Å². The van der Waals surface area contributed by atoms with E-state index in [0.29, 0.717) is 37.4 Å². The van der Waals surface area contributed by atoms with Crippen molar-refractivity contribution >= 4 is 27.4 Å². The molecular weight excluding hydrogens is 514 g/mol. The van der Waals surface area contributed by atoms with Gasteiger partial charge in [0.15, 0.2) is 9.84 Å². The second kappa shape index (κ2) is 12.5. The molecule has 1 aliphatic heterocycles. The number of rotatable bonds is 11. The first-order chi connectivity index (χ1) is 18.3. The number of carbonyl (C=O) groups excluding carboxylic acids is 3. The molecule has 4 rings (SSSR count). The van der Waals surface area contributed by atoms with Gasteiger partial charge in [0.2, 0.25) is 23.5 Å². The minimum atomic E-state index is -3.76. The molecular formula is C25H27N5O7S. The molecule has 0 aliphatic carbocycles. The highest BCUT2D eigenvalue weighted by atomic mass is 32.2. The van der Waals surface area contributed by atoms with Crippen LogP contribution < -0.4 is 5.32 Å². The molecule has 1 saturated heterocycles. The number of morpholine rings is 1. The number of amides is 2. The molecule has 1 aliphatic rings. The molecule has 3 aromatic rings. The summed E-state index contributed by atoms with van der Waals surface area (Å²) >= 11 is 0. The highest BCUT2D eigenvalue weighted by Gasteiger charge is 2.31. The lowest BCUT2D eigenvalue weighted by Gasteiger charge is -2.28. The van der Waals surface area contributed by atoms with Crippen molar-refractivity contribution in [1.82, 2.24) is 25.4 Å². The van der Waals surface area contributed by atoms with Gasteiger partial charge in [-0.15, -0.1) is 10.2 Å². The number of pyridine rings is 1. The third-order valence-corrected chi connectivity index (χ3v) is 7.52. The molecule has 1 unspecified atom stereocenters. The molecule has 2 aromatic heterocycles. The summed E-state index contributed by atoms with van der Waals surface area (Å²) < 4.78 is 36.5. The second-order valence-electron chi connectivity index (χ2n) is 8.73. The lowest BCUT2D eigenvalue weighted by atomic mass is 10.1. The quantitative estimate of drug-likeness (QED) is 0.345. The maximum atomic E-state index is 13.1. The summed E-state index contributed by atoms with van der Waals surface area (Å²) in [7, 11) is -3.76. The largest absolute Gasteiger partial charge is 0.413 e. The third kappa shape index (κ3) is 7.52. The van der Waals surface area contributed by atoms with Crippen LogP contribution in [-0.2, 0) is 29.9 Å². The van der Waals surface area contributed by atoms with Crippen LogP contribution in [0.5, 0.6) is 0 Å². The first-order valence-corrected chi connectivity index (χ1v) is 13.8. The summed E-state index contributed by atoms with van der Waals surface area (Å²) in [5, 5.41) is 9.97. The van der Waals surface area contributed by atoms with E-state index in [-0.39, 0.29) is 29.9 Å². The Kier molecular flexibility index (Phi) is 8.92. The number of benzene rings is 1. The number of Topliss-reactive ketones (excluding diaryl/α,β-unsaturated/α-hetero) is 1. The van der Waals surface area contributed by atoms with Crippen molar-refractivity contribution < 1.29 is 32.0 Å².